The van der Waals surface area contributed by atoms with Gasteiger partial charge in [0.1, 0.15) is 0 Å². The van der Waals surface area contributed by atoms with Crippen LogP contribution in [0.5, 0.6) is 0 Å². The summed E-state index contributed by atoms with van der Waals surface area (Å²) in [5, 5.41) is 2.96. The van der Waals surface area contributed by atoms with Crippen molar-refractivity contribution in [3.8, 4) is 33.4 Å². The standard InChI is InChI=1S/2C27H35.C12H9Si.2ClH.Zr/c2*1-9-19-10-11-20-15-24(27(6,7)8)16-25(20)26(19)23-13-21(17(2)3)12-22(14-23)18(4)5;1-3-7-11-9(5-1)10-6-2-4-8-12(10)13-11;;;/h2*10-18H,9H2,1-8H3;1-7H,13H2;2*1H;/q;;;;;+2/p-2. The molecule has 9 rings (SSSR count). The molecule has 0 saturated heterocycles. The van der Waals surface area contributed by atoms with E-state index in [2.05, 4.69) is 226 Å². The number of benzene rings is 6. The molecule has 0 amide bonds. The molecule has 0 fully saturated rings. The molecular formula is C66H79Cl2SiZr. The van der Waals surface area contributed by atoms with E-state index in [1.807, 2.05) is 0 Å². The quantitative estimate of drug-likeness (QED) is 0.113. The van der Waals surface area contributed by atoms with Crippen molar-refractivity contribution in [2.24, 2.45) is 10.8 Å². The molecule has 6 aromatic carbocycles. The van der Waals surface area contributed by atoms with Gasteiger partial charge in [0.2, 0.25) is 0 Å². The second-order valence-corrected chi connectivity index (χ2v) is 47.1. The summed E-state index contributed by atoms with van der Waals surface area (Å²) in [6.45, 7) is 37.8. The molecule has 70 heavy (non-hydrogen) atoms. The fraction of sp³-hybridized carbons (Fsp3) is 0.394. The van der Waals surface area contributed by atoms with Gasteiger partial charge in [0.05, 0.1) is 0 Å². The molecule has 3 aliphatic rings. The summed E-state index contributed by atoms with van der Waals surface area (Å²) in [6.07, 6.45) is 7.08. The van der Waals surface area contributed by atoms with Gasteiger partial charge in [-0.15, -0.1) is 0 Å². The average molecular weight is 1060 g/mol. The van der Waals surface area contributed by atoms with Crippen molar-refractivity contribution in [1.29, 1.82) is 0 Å². The topological polar surface area (TPSA) is 0 Å². The molecule has 0 saturated carbocycles. The number of allylic oxidation sites excluding steroid dienone is 2. The van der Waals surface area contributed by atoms with Gasteiger partial charge < -0.3 is 0 Å². The summed E-state index contributed by atoms with van der Waals surface area (Å²) < 4.78 is 0.930. The molecule has 1 heterocycles. The summed E-state index contributed by atoms with van der Waals surface area (Å²) in [4.78, 5) is 0. The summed E-state index contributed by atoms with van der Waals surface area (Å²) >= 11 is -5.93. The van der Waals surface area contributed by atoms with Crippen LogP contribution in [0.3, 0.4) is 0 Å². The van der Waals surface area contributed by atoms with E-state index in [4.69, 9.17) is 0 Å². The molecule has 0 radical (unpaired) electrons. The van der Waals surface area contributed by atoms with Gasteiger partial charge in [-0.3, -0.25) is 0 Å². The molecule has 365 valence electrons. The van der Waals surface area contributed by atoms with Gasteiger partial charge in [0.15, 0.2) is 0 Å². The third-order valence-corrected chi connectivity index (χ3v) is 39.2. The molecule has 0 nitrogen and oxygen atoms in total. The van der Waals surface area contributed by atoms with E-state index >= 15 is 0 Å². The monoisotopic (exact) mass is 1060 g/mol. The van der Waals surface area contributed by atoms with Crippen LogP contribution in [0.25, 0.3) is 45.5 Å². The van der Waals surface area contributed by atoms with E-state index in [0.717, 1.165) is 12.8 Å². The first kappa shape index (κ1) is 51.4. The van der Waals surface area contributed by atoms with Gasteiger partial charge in [0, 0.05) is 0 Å². The average Bonchev–Trinajstić information content (AvgIpc) is 4.04. The second kappa shape index (κ2) is 18.4. The third-order valence-electron chi connectivity index (χ3n) is 16.7. The molecule has 0 aromatic heterocycles. The Morgan fingerprint density at radius 3 is 1.29 bits per heavy atom. The predicted molar refractivity (Wildman–Crippen MR) is 310 cm³/mol. The van der Waals surface area contributed by atoms with Gasteiger partial charge in [-0.05, 0) is 0 Å². The molecule has 1 aliphatic heterocycles. The third kappa shape index (κ3) is 8.44. The van der Waals surface area contributed by atoms with Crippen LogP contribution >= 0.6 is 17.0 Å². The molecule has 2 atom stereocenters. The van der Waals surface area contributed by atoms with Crippen molar-refractivity contribution in [2.45, 2.75) is 155 Å². The summed E-state index contributed by atoms with van der Waals surface area (Å²) in [6, 6.07) is 41.0. The number of hydrogen-bond donors (Lipinski definition) is 0. The Kier molecular flexibility index (Phi) is 13.5. The molecule has 4 heteroatoms. The minimum atomic E-state index is -5.93. The van der Waals surface area contributed by atoms with Gasteiger partial charge in [0.25, 0.3) is 0 Å². The molecule has 6 aromatic rings. The Balaban J connectivity index is 1.43. The zero-order valence-corrected chi connectivity index (χ0v) is 50.7. The number of fused-ring (bicyclic) bond motifs is 5. The molecule has 2 unspecified atom stereocenters. The van der Waals surface area contributed by atoms with Crippen molar-refractivity contribution in [2.75, 3.05) is 0 Å². The van der Waals surface area contributed by atoms with Crippen molar-refractivity contribution >= 4 is 52.3 Å². The Morgan fingerprint density at radius 1 is 0.500 bits per heavy atom. The van der Waals surface area contributed by atoms with Crippen molar-refractivity contribution in [1.82, 2.24) is 0 Å². The summed E-state index contributed by atoms with van der Waals surface area (Å²) in [7, 11) is 18.5. The van der Waals surface area contributed by atoms with Gasteiger partial charge in [-0.1, -0.05) is 0 Å². The number of halogens is 2. The van der Waals surface area contributed by atoms with E-state index < -0.39 is 25.9 Å². The Bertz CT molecular complexity index is 2910. The first-order chi connectivity index (χ1) is 32.9. The SMILES string of the molecule is CCc1ccc2c(c1-c1cc(C(C)C)cc(C(C)C)c1)C=C(C(C)(C)C)[CH]2[Zr]([Cl])([Cl])([c]1cccc2c1[SiH2]c1ccccc1-2)[CH]1C(C(C)(C)C)=Cc2c1ccc(CC)c2-c1cc(C(C)C)cc(C(C)C)c1. The normalized spacial score (nSPS) is 17.5. The maximum atomic E-state index is 9.74. The van der Waals surface area contributed by atoms with E-state index in [9.17, 15) is 17.0 Å². The first-order valence-electron chi connectivity index (χ1n) is 26.7. The van der Waals surface area contributed by atoms with Gasteiger partial charge >= 0.3 is 437 Å². The zero-order chi connectivity index (χ0) is 50.6. The van der Waals surface area contributed by atoms with E-state index in [1.54, 1.807) is 0 Å². The van der Waals surface area contributed by atoms with Crippen LogP contribution in [0.4, 0.5) is 0 Å². The minimum absolute atomic E-state index is 0.181. The van der Waals surface area contributed by atoms with Crippen molar-refractivity contribution in [3.05, 3.63) is 170 Å². The molecule has 0 spiro atoms. The summed E-state index contributed by atoms with van der Waals surface area (Å²) in [5.41, 5.74) is 24.0. The second-order valence-electron chi connectivity index (χ2n) is 24.7. The van der Waals surface area contributed by atoms with Crippen LogP contribution in [0.2, 0.25) is 0 Å². The predicted octanol–water partition coefficient (Wildman–Crippen LogP) is 17.7. The van der Waals surface area contributed by atoms with Crippen LogP contribution < -0.4 is 13.6 Å². The van der Waals surface area contributed by atoms with Crippen LogP contribution in [0, 0.1) is 10.8 Å². The van der Waals surface area contributed by atoms with E-state index in [1.165, 1.54) is 114 Å². The van der Waals surface area contributed by atoms with Crippen LogP contribution in [0.1, 0.15) is 197 Å². The van der Waals surface area contributed by atoms with Crippen LogP contribution in [-0.4, -0.2) is 9.52 Å². The van der Waals surface area contributed by atoms with E-state index in [-0.39, 0.29) is 18.1 Å². The number of rotatable bonds is 11. The Morgan fingerprint density at radius 2 is 0.900 bits per heavy atom. The van der Waals surface area contributed by atoms with Crippen molar-refractivity contribution < 1.29 is 16.4 Å². The number of aryl methyl sites for hydroxylation is 2. The fourth-order valence-electron chi connectivity index (χ4n) is 12.8. The Hall–Kier alpha value is -3.52. The summed E-state index contributed by atoms with van der Waals surface area (Å²) in [5.74, 6) is 1.64. The van der Waals surface area contributed by atoms with Gasteiger partial charge in [-0.2, -0.15) is 0 Å². The van der Waals surface area contributed by atoms with Crippen LogP contribution in [0.15, 0.2) is 114 Å². The molecular weight excluding hydrogens is 983 g/mol. The maximum absolute atomic E-state index is 9.74. The molecule has 2 aliphatic carbocycles. The van der Waals surface area contributed by atoms with Crippen LogP contribution in [-0.2, 0) is 29.2 Å². The van der Waals surface area contributed by atoms with Gasteiger partial charge in [-0.25, -0.2) is 0 Å². The Labute approximate surface area is 433 Å². The number of hydrogen-bond acceptors (Lipinski definition) is 0. The first-order valence-corrected chi connectivity index (χ1v) is 38.5. The van der Waals surface area contributed by atoms with E-state index in [0.29, 0.717) is 23.7 Å². The molecule has 0 N–H and O–H groups in total. The molecule has 0 bridgehead atoms. The zero-order valence-electron chi connectivity index (χ0n) is 45.3. The van der Waals surface area contributed by atoms with Crippen molar-refractivity contribution in [3.63, 3.8) is 0 Å². The fourth-order valence-corrected chi connectivity index (χ4v) is 41.1.